The zero-order valence-corrected chi connectivity index (χ0v) is 25.7. The number of alkyl halides is 3. The minimum absolute atomic E-state index is 0.0287. The van der Waals surface area contributed by atoms with E-state index in [9.17, 15) is 22.8 Å². The Labute approximate surface area is 260 Å². The summed E-state index contributed by atoms with van der Waals surface area (Å²) in [5, 5.41) is 8.84. The Morgan fingerprint density at radius 1 is 0.867 bits per heavy atom. The van der Waals surface area contributed by atoms with Crippen LogP contribution in [0.25, 0.3) is 11.1 Å². The Kier molecular flexibility index (Phi) is 10.6. The second-order valence-electron chi connectivity index (χ2n) is 11.3. The van der Waals surface area contributed by atoms with Crippen LogP contribution in [0.4, 0.5) is 19.1 Å². The van der Waals surface area contributed by atoms with Crippen molar-refractivity contribution < 1.29 is 32.6 Å². The topological polar surface area (TPSA) is 92.6 Å². The molecule has 3 aromatic carbocycles. The molecular weight excluding hydrogens is 583 g/mol. The molecule has 1 aromatic heterocycles. The summed E-state index contributed by atoms with van der Waals surface area (Å²) in [6, 6.07) is 16.0. The summed E-state index contributed by atoms with van der Waals surface area (Å²) < 4.78 is 46.7. The highest BCUT2D eigenvalue weighted by Gasteiger charge is 2.31. The highest BCUT2D eigenvalue weighted by atomic mass is 19.4. The van der Waals surface area contributed by atoms with Gasteiger partial charge in [-0.15, -0.1) is 0 Å². The van der Waals surface area contributed by atoms with Crippen molar-refractivity contribution >= 4 is 17.7 Å². The Hall–Kier alpha value is -4.73. The molecule has 0 aliphatic rings. The van der Waals surface area contributed by atoms with Crippen molar-refractivity contribution in [2.75, 3.05) is 11.5 Å². The van der Waals surface area contributed by atoms with Gasteiger partial charge in [-0.05, 0) is 79.6 Å². The molecule has 7 nitrogen and oxygen atoms in total. The molecular formula is C35H36F3N3O4. The number of carboxylic acids is 1. The van der Waals surface area contributed by atoms with Crippen molar-refractivity contribution in [3.8, 4) is 16.9 Å². The molecule has 0 atom stereocenters. The SMILES string of the molecule is CC(=O)Cc1ccc(C)c(-c2ccc(C)cc2CN(Cc2cc(C)cc(C(F)(F)F)c2)c2ncc(OCCCC(=O)O)cn2)c1. The first-order valence-corrected chi connectivity index (χ1v) is 14.6. The van der Waals surface area contributed by atoms with Gasteiger partial charge in [0.1, 0.15) is 5.78 Å². The molecule has 1 heterocycles. The van der Waals surface area contributed by atoms with Gasteiger partial charge in [-0.3, -0.25) is 9.59 Å². The van der Waals surface area contributed by atoms with Crippen LogP contribution >= 0.6 is 0 Å². The molecule has 236 valence electrons. The molecule has 0 spiro atoms. The Bertz CT molecular complexity index is 1670. The van der Waals surface area contributed by atoms with E-state index < -0.39 is 17.7 Å². The van der Waals surface area contributed by atoms with Gasteiger partial charge in [0.15, 0.2) is 5.75 Å². The summed E-state index contributed by atoms with van der Waals surface area (Å²) in [7, 11) is 0. The van der Waals surface area contributed by atoms with Crippen molar-refractivity contribution in [2.24, 2.45) is 0 Å². The average Bonchev–Trinajstić information content (AvgIpc) is 2.95. The summed E-state index contributed by atoms with van der Waals surface area (Å²) in [4.78, 5) is 33.4. The minimum Gasteiger partial charge on any atom is -0.490 e. The third-order valence-corrected chi connectivity index (χ3v) is 7.21. The molecule has 0 saturated heterocycles. The number of rotatable bonds is 13. The number of ketones is 1. The number of Topliss-reactive ketones (excluding diaryl/α,β-unsaturated/α-hetero) is 1. The number of carbonyl (C=O) groups excluding carboxylic acids is 1. The lowest BCUT2D eigenvalue weighted by Gasteiger charge is -2.26. The molecule has 0 aliphatic heterocycles. The summed E-state index contributed by atoms with van der Waals surface area (Å²) in [5.74, 6) is -0.212. The maximum Gasteiger partial charge on any atom is 0.416 e. The monoisotopic (exact) mass is 619 g/mol. The second-order valence-corrected chi connectivity index (χ2v) is 11.3. The number of aryl methyl sites for hydroxylation is 3. The number of benzene rings is 3. The van der Waals surface area contributed by atoms with Gasteiger partial charge in [0, 0.05) is 25.9 Å². The van der Waals surface area contributed by atoms with Gasteiger partial charge in [0.25, 0.3) is 0 Å². The number of hydrogen-bond acceptors (Lipinski definition) is 6. The fourth-order valence-corrected chi connectivity index (χ4v) is 5.17. The van der Waals surface area contributed by atoms with Crippen molar-refractivity contribution in [1.29, 1.82) is 0 Å². The van der Waals surface area contributed by atoms with Crippen LogP contribution in [0.3, 0.4) is 0 Å². The van der Waals surface area contributed by atoms with Crippen molar-refractivity contribution in [3.05, 3.63) is 106 Å². The highest BCUT2D eigenvalue weighted by Crippen LogP contribution is 2.33. The zero-order valence-electron chi connectivity index (χ0n) is 25.7. The molecule has 0 fully saturated rings. The van der Waals surface area contributed by atoms with Crippen LogP contribution in [-0.4, -0.2) is 33.4 Å². The summed E-state index contributed by atoms with van der Waals surface area (Å²) in [6.07, 6.45) is -0.942. The summed E-state index contributed by atoms with van der Waals surface area (Å²) in [5.41, 5.74) is 5.95. The number of aliphatic carboxylic acids is 1. The first kappa shape index (κ1) is 33.2. The number of anilines is 1. The Morgan fingerprint density at radius 2 is 1.60 bits per heavy atom. The molecule has 4 aromatic rings. The van der Waals surface area contributed by atoms with Gasteiger partial charge < -0.3 is 14.7 Å². The van der Waals surface area contributed by atoms with Crippen LogP contribution in [0.15, 0.2) is 67.0 Å². The van der Waals surface area contributed by atoms with Gasteiger partial charge in [0.05, 0.1) is 24.6 Å². The number of nitrogens with zero attached hydrogens (tertiary/aromatic N) is 3. The molecule has 0 bridgehead atoms. The quantitative estimate of drug-likeness (QED) is 0.154. The van der Waals surface area contributed by atoms with E-state index in [2.05, 4.69) is 9.97 Å². The lowest BCUT2D eigenvalue weighted by atomic mass is 9.92. The molecule has 4 rings (SSSR count). The maximum atomic E-state index is 13.7. The fourth-order valence-electron chi connectivity index (χ4n) is 5.17. The molecule has 0 radical (unpaired) electrons. The highest BCUT2D eigenvalue weighted by molar-refractivity contribution is 5.79. The van der Waals surface area contributed by atoms with E-state index >= 15 is 0 Å². The van der Waals surface area contributed by atoms with E-state index in [1.807, 2.05) is 55.1 Å². The summed E-state index contributed by atoms with van der Waals surface area (Å²) in [6.45, 7) is 7.71. The number of carboxylic acid groups (broad SMARTS) is 1. The second kappa shape index (κ2) is 14.4. The number of aromatic nitrogens is 2. The van der Waals surface area contributed by atoms with E-state index in [0.29, 0.717) is 29.7 Å². The molecule has 0 saturated carbocycles. The first-order valence-electron chi connectivity index (χ1n) is 14.6. The van der Waals surface area contributed by atoms with E-state index in [1.54, 1.807) is 19.9 Å². The lowest BCUT2D eigenvalue weighted by molar-refractivity contribution is -0.138. The van der Waals surface area contributed by atoms with Crippen molar-refractivity contribution in [1.82, 2.24) is 9.97 Å². The van der Waals surface area contributed by atoms with E-state index in [4.69, 9.17) is 9.84 Å². The molecule has 0 unspecified atom stereocenters. The Morgan fingerprint density at radius 3 is 2.27 bits per heavy atom. The predicted molar refractivity (Wildman–Crippen MR) is 166 cm³/mol. The molecule has 1 N–H and O–H groups in total. The average molecular weight is 620 g/mol. The van der Waals surface area contributed by atoms with Crippen LogP contribution in [0, 0.1) is 20.8 Å². The van der Waals surface area contributed by atoms with Crippen LogP contribution in [0.1, 0.15) is 58.7 Å². The third kappa shape index (κ3) is 9.38. The number of hydrogen-bond donors (Lipinski definition) is 1. The Balaban J connectivity index is 1.73. The summed E-state index contributed by atoms with van der Waals surface area (Å²) >= 11 is 0. The van der Waals surface area contributed by atoms with Gasteiger partial charge in [-0.1, -0.05) is 53.6 Å². The minimum atomic E-state index is -4.49. The maximum absolute atomic E-state index is 13.7. The lowest BCUT2D eigenvalue weighted by Crippen LogP contribution is -2.25. The predicted octanol–water partition coefficient (Wildman–Crippen LogP) is 7.67. The van der Waals surface area contributed by atoms with Gasteiger partial charge in [-0.2, -0.15) is 13.2 Å². The number of carbonyl (C=O) groups is 2. The van der Waals surface area contributed by atoms with Crippen LogP contribution in [-0.2, 0) is 35.3 Å². The molecule has 45 heavy (non-hydrogen) atoms. The fraction of sp³-hybridized carbons (Fsp3) is 0.314. The number of halogens is 3. The van der Waals surface area contributed by atoms with E-state index in [0.717, 1.165) is 45.5 Å². The number of ether oxygens (including phenoxy) is 1. The van der Waals surface area contributed by atoms with Crippen LogP contribution in [0.2, 0.25) is 0 Å². The molecule has 10 heteroatoms. The van der Waals surface area contributed by atoms with Crippen molar-refractivity contribution in [3.63, 3.8) is 0 Å². The third-order valence-electron chi connectivity index (χ3n) is 7.21. The van der Waals surface area contributed by atoms with E-state index in [1.165, 1.54) is 12.4 Å². The zero-order chi connectivity index (χ0) is 32.7. The van der Waals surface area contributed by atoms with Gasteiger partial charge >= 0.3 is 12.1 Å². The van der Waals surface area contributed by atoms with E-state index in [-0.39, 0.29) is 37.8 Å². The smallest absolute Gasteiger partial charge is 0.416 e. The molecule has 0 amide bonds. The first-order chi connectivity index (χ1) is 21.3. The van der Waals surface area contributed by atoms with Gasteiger partial charge in [0.2, 0.25) is 5.95 Å². The standard InChI is InChI=1S/C35H36F3N3O4/c1-22-7-10-31(32-17-26(15-25(4)42)9-8-24(32)3)28(13-22)21-41(20-27-12-23(2)14-29(16-27)35(36,37)38)34-39-18-30(19-40-34)45-11-5-6-33(43)44/h7-10,12-14,16-19H,5-6,11,15,20-21H2,1-4H3,(H,43,44). The van der Waals surface area contributed by atoms with Gasteiger partial charge in [-0.25, -0.2) is 9.97 Å². The van der Waals surface area contributed by atoms with Crippen LogP contribution < -0.4 is 9.64 Å². The molecule has 0 aliphatic carbocycles. The largest absolute Gasteiger partial charge is 0.490 e. The van der Waals surface area contributed by atoms with Crippen LogP contribution in [0.5, 0.6) is 5.75 Å². The normalized spacial score (nSPS) is 11.4. The van der Waals surface area contributed by atoms with Crippen molar-refractivity contribution in [2.45, 2.75) is 66.2 Å².